The van der Waals surface area contributed by atoms with Crippen LogP contribution < -0.4 is 0 Å². The minimum atomic E-state index is 0.0824. The third-order valence-electron chi connectivity index (χ3n) is 5.86. The molecule has 0 bridgehead atoms. The molecule has 5 heteroatoms. The van der Waals surface area contributed by atoms with Gasteiger partial charge in [-0.2, -0.15) is 0 Å². The summed E-state index contributed by atoms with van der Waals surface area (Å²) in [4.78, 5) is 9.77. The summed E-state index contributed by atoms with van der Waals surface area (Å²) in [6.07, 6.45) is 3.66. The molecule has 1 aromatic heterocycles. The van der Waals surface area contributed by atoms with Crippen LogP contribution in [0, 0.1) is 12.8 Å². The number of likely N-dealkylation sites (tertiary alicyclic amines) is 1. The van der Waals surface area contributed by atoms with Gasteiger partial charge < -0.3 is 9.47 Å². The molecule has 4 rings (SSSR count). The van der Waals surface area contributed by atoms with E-state index in [-0.39, 0.29) is 5.60 Å². The number of morpholine rings is 1. The Morgan fingerprint density at radius 1 is 1.20 bits per heavy atom. The van der Waals surface area contributed by atoms with Crippen LogP contribution in [0.25, 0.3) is 0 Å². The van der Waals surface area contributed by atoms with Gasteiger partial charge in [0.2, 0.25) is 0 Å². The van der Waals surface area contributed by atoms with E-state index in [9.17, 15) is 0 Å². The Kier molecular flexibility index (Phi) is 5.36. The summed E-state index contributed by atoms with van der Waals surface area (Å²) in [5, 5.41) is 0. The lowest BCUT2D eigenvalue weighted by atomic mass is 9.86. The van der Waals surface area contributed by atoms with Gasteiger partial charge in [0.05, 0.1) is 31.1 Å². The lowest BCUT2D eigenvalue weighted by Gasteiger charge is -2.40. The van der Waals surface area contributed by atoms with E-state index in [0.717, 1.165) is 58.2 Å². The fourth-order valence-corrected chi connectivity index (χ4v) is 4.73. The van der Waals surface area contributed by atoms with E-state index in [0.29, 0.717) is 5.92 Å². The predicted octanol–water partition coefficient (Wildman–Crippen LogP) is 2.09. The molecule has 0 N–H and O–H groups in total. The van der Waals surface area contributed by atoms with Crippen molar-refractivity contribution in [3.63, 3.8) is 0 Å². The van der Waals surface area contributed by atoms with E-state index in [1.165, 1.54) is 31.5 Å². The van der Waals surface area contributed by atoms with Crippen LogP contribution in [0.4, 0.5) is 0 Å². The number of pyridine rings is 1. The van der Waals surface area contributed by atoms with Gasteiger partial charge in [0.15, 0.2) is 0 Å². The second-order valence-corrected chi connectivity index (χ2v) is 8.06. The summed E-state index contributed by atoms with van der Waals surface area (Å²) in [5.41, 5.74) is 2.37. The number of hydrogen-bond acceptors (Lipinski definition) is 5. The van der Waals surface area contributed by atoms with E-state index < -0.39 is 0 Å². The lowest BCUT2D eigenvalue weighted by molar-refractivity contribution is -0.0539. The van der Waals surface area contributed by atoms with Crippen molar-refractivity contribution in [3.05, 3.63) is 29.6 Å². The predicted molar refractivity (Wildman–Crippen MR) is 97.5 cm³/mol. The van der Waals surface area contributed by atoms with Gasteiger partial charge >= 0.3 is 0 Å². The maximum atomic E-state index is 6.41. The Morgan fingerprint density at radius 2 is 2.08 bits per heavy atom. The molecule has 3 fully saturated rings. The van der Waals surface area contributed by atoms with Gasteiger partial charge in [0.1, 0.15) is 0 Å². The molecule has 0 amide bonds. The average Bonchev–Trinajstić information content (AvgIpc) is 2.97. The number of rotatable bonds is 4. The van der Waals surface area contributed by atoms with Crippen molar-refractivity contribution in [2.45, 2.75) is 38.3 Å². The van der Waals surface area contributed by atoms with Crippen molar-refractivity contribution in [2.24, 2.45) is 5.92 Å². The molecule has 3 aliphatic heterocycles. The van der Waals surface area contributed by atoms with Gasteiger partial charge in [-0.25, -0.2) is 0 Å². The minimum Gasteiger partial charge on any atom is -0.379 e. The molecular formula is C20H31N3O2. The first-order chi connectivity index (χ1) is 12.2. The zero-order valence-electron chi connectivity index (χ0n) is 15.5. The van der Waals surface area contributed by atoms with E-state index in [4.69, 9.17) is 9.47 Å². The van der Waals surface area contributed by atoms with Crippen LogP contribution in [0.2, 0.25) is 0 Å². The van der Waals surface area contributed by atoms with Crippen molar-refractivity contribution in [3.8, 4) is 0 Å². The number of nitrogens with zero attached hydrogens (tertiary/aromatic N) is 3. The Balaban J connectivity index is 1.32. The molecule has 138 valence electrons. The van der Waals surface area contributed by atoms with Crippen molar-refractivity contribution in [2.75, 3.05) is 52.5 Å². The van der Waals surface area contributed by atoms with Gasteiger partial charge in [-0.1, -0.05) is 6.07 Å². The summed E-state index contributed by atoms with van der Waals surface area (Å²) in [7, 11) is 0. The molecule has 0 aromatic carbocycles. The van der Waals surface area contributed by atoms with Crippen molar-refractivity contribution in [1.29, 1.82) is 0 Å². The van der Waals surface area contributed by atoms with E-state index >= 15 is 0 Å². The maximum absolute atomic E-state index is 6.41. The Morgan fingerprint density at radius 3 is 2.92 bits per heavy atom. The molecule has 3 aliphatic rings. The molecule has 5 nitrogen and oxygen atoms in total. The van der Waals surface area contributed by atoms with Crippen LogP contribution in [0.1, 0.15) is 30.7 Å². The van der Waals surface area contributed by atoms with E-state index in [1.54, 1.807) is 0 Å². The van der Waals surface area contributed by atoms with Gasteiger partial charge in [-0.3, -0.25) is 14.8 Å². The van der Waals surface area contributed by atoms with Gasteiger partial charge in [-0.15, -0.1) is 0 Å². The van der Waals surface area contributed by atoms with Crippen LogP contribution in [0.15, 0.2) is 18.2 Å². The lowest BCUT2D eigenvalue weighted by Crippen LogP contribution is -2.47. The largest absolute Gasteiger partial charge is 0.379 e. The highest BCUT2D eigenvalue weighted by molar-refractivity contribution is 5.10. The molecular weight excluding hydrogens is 314 g/mol. The van der Waals surface area contributed by atoms with Crippen LogP contribution in [0.5, 0.6) is 0 Å². The summed E-state index contributed by atoms with van der Waals surface area (Å²) in [5.74, 6) is 0.676. The number of ether oxygens (including phenoxy) is 2. The van der Waals surface area contributed by atoms with E-state index in [2.05, 4.69) is 39.9 Å². The van der Waals surface area contributed by atoms with Crippen molar-refractivity contribution in [1.82, 2.24) is 14.8 Å². The topological polar surface area (TPSA) is 37.8 Å². The molecule has 0 unspecified atom stereocenters. The number of aromatic nitrogens is 1. The fourth-order valence-electron chi connectivity index (χ4n) is 4.73. The normalized spacial score (nSPS) is 31.6. The number of hydrogen-bond donors (Lipinski definition) is 0. The molecule has 3 saturated heterocycles. The number of aryl methyl sites for hydroxylation is 1. The highest BCUT2D eigenvalue weighted by Crippen LogP contribution is 2.38. The Bertz CT molecular complexity index is 576. The third-order valence-corrected chi connectivity index (χ3v) is 5.86. The quantitative estimate of drug-likeness (QED) is 0.835. The molecule has 0 aliphatic carbocycles. The molecule has 1 spiro atoms. The van der Waals surface area contributed by atoms with Crippen molar-refractivity contribution >= 4 is 0 Å². The van der Waals surface area contributed by atoms with Crippen LogP contribution in [0.3, 0.4) is 0 Å². The van der Waals surface area contributed by atoms with Crippen LogP contribution >= 0.6 is 0 Å². The summed E-state index contributed by atoms with van der Waals surface area (Å²) < 4.78 is 11.9. The number of piperidine rings is 1. The molecule has 25 heavy (non-hydrogen) atoms. The standard InChI is InChI=1S/C20H31N3O2/c1-17-4-2-5-19(21-17)14-23-7-3-6-20(16-23)12-18(15-25-20)13-22-8-10-24-11-9-22/h2,4-5,18H,3,6-16H2,1H3/t18-,20+/m0/s1. The molecule has 0 radical (unpaired) electrons. The zero-order chi connectivity index (χ0) is 17.1. The Hall–Kier alpha value is -1.01. The second-order valence-electron chi connectivity index (χ2n) is 8.06. The molecule has 0 saturated carbocycles. The maximum Gasteiger partial charge on any atom is 0.0813 e. The summed E-state index contributed by atoms with van der Waals surface area (Å²) in [6.45, 7) is 11.3. The highest BCUT2D eigenvalue weighted by atomic mass is 16.5. The fraction of sp³-hybridized carbons (Fsp3) is 0.750. The van der Waals surface area contributed by atoms with Gasteiger partial charge in [-0.05, 0) is 50.8 Å². The van der Waals surface area contributed by atoms with Crippen LogP contribution in [-0.2, 0) is 16.0 Å². The van der Waals surface area contributed by atoms with E-state index in [1.807, 2.05) is 0 Å². The van der Waals surface area contributed by atoms with Gasteiger partial charge in [0, 0.05) is 38.4 Å². The Labute approximate surface area is 151 Å². The van der Waals surface area contributed by atoms with Gasteiger partial charge in [0.25, 0.3) is 0 Å². The first-order valence-electron chi connectivity index (χ1n) is 9.80. The zero-order valence-corrected chi connectivity index (χ0v) is 15.5. The van der Waals surface area contributed by atoms with Crippen molar-refractivity contribution < 1.29 is 9.47 Å². The first kappa shape index (κ1) is 17.4. The summed E-state index contributed by atoms with van der Waals surface area (Å²) >= 11 is 0. The first-order valence-corrected chi connectivity index (χ1v) is 9.80. The summed E-state index contributed by atoms with van der Waals surface area (Å²) in [6, 6.07) is 6.32. The minimum absolute atomic E-state index is 0.0824. The SMILES string of the molecule is Cc1cccc(CN2CCC[C@@]3(C[C@@H](CN4CCOCC4)CO3)C2)n1. The highest BCUT2D eigenvalue weighted by Gasteiger charge is 2.43. The third kappa shape index (κ3) is 4.40. The average molecular weight is 345 g/mol. The molecule has 2 atom stereocenters. The molecule has 1 aromatic rings. The second kappa shape index (κ2) is 7.70. The monoisotopic (exact) mass is 345 g/mol. The molecule has 4 heterocycles. The van der Waals surface area contributed by atoms with Crippen LogP contribution in [-0.4, -0.2) is 72.9 Å². The smallest absolute Gasteiger partial charge is 0.0813 e.